The van der Waals surface area contributed by atoms with Crippen LogP contribution in [0.4, 0.5) is 0 Å². The van der Waals surface area contributed by atoms with Crippen LogP contribution in [0.5, 0.6) is 0 Å². The Morgan fingerprint density at radius 1 is 1.32 bits per heavy atom. The molecule has 0 radical (unpaired) electrons. The molecule has 1 aromatic rings. The van der Waals surface area contributed by atoms with Gasteiger partial charge in [-0.15, -0.1) is 0 Å². The van der Waals surface area contributed by atoms with Gasteiger partial charge in [-0.2, -0.15) is 0 Å². The van der Waals surface area contributed by atoms with Crippen molar-refractivity contribution in [1.82, 2.24) is 5.32 Å². The van der Waals surface area contributed by atoms with E-state index in [2.05, 4.69) is 31.3 Å². The van der Waals surface area contributed by atoms with Crippen molar-refractivity contribution < 1.29 is 4.79 Å². The lowest BCUT2D eigenvalue weighted by Gasteiger charge is -2.48. The third-order valence-electron chi connectivity index (χ3n) is 4.31. The molecule has 1 N–H and O–H groups in total. The summed E-state index contributed by atoms with van der Waals surface area (Å²) in [5.41, 5.74) is 1.42. The second kappa shape index (κ2) is 5.96. The van der Waals surface area contributed by atoms with Crippen LogP contribution in [-0.2, 0) is 10.2 Å². The maximum absolute atomic E-state index is 10.9. The van der Waals surface area contributed by atoms with E-state index >= 15 is 0 Å². The number of hydrogen-bond donors (Lipinski definition) is 1. The fourth-order valence-corrected chi connectivity index (χ4v) is 3.31. The van der Waals surface area contributed by atoms with Crippen molar-refractivity contribution in [3.8, 4) is 0 Å². The summed E-state index contributed by atoms with van der Waals surface area (Å²) < 4.78 is 0. The van der Waals surface area contributed by atoms with Crippen LogP contribution in [0.3, 0.4) is 0 Å². The Hall–Kier alpha value is -1.02. The molecule has 0 saturated heterocycles. The molecule has 1 aliphatic carbocycles. The lowest BCUT2D eigenvalue weighted by atomic mass is 9.59. The Labute approximate surface area is 120 Å². The molecule has 0 bridgehead atoms. The first-order chi connectivity index (χ1) is 9.08. The first kappa shape index (κ1) is 14.4. The molecule has 1 amide bonds. The first-order valence-corrected chi connectivity index (χ1v) is 7.42. The highest BCUT2D eigenvalue weighted by atomic mass is 35.5. The normalized spacial score (nSPS) is 18.7. The van der Waals surface area contributed by atoms with E-state index in [1.165, 1.54) is 12.0 Å². The number of carbonyl (C=O) groups is 1. The minimum atomic E-state index is 0.107. The van der Waals surface area contributed by atoms with Crippen molar-refractivity contribution in [1.29, 1.82) is 0 Å². The molecule has 0 spiro atoms. The average Bonchev–Trinajstić information content (AvgIpc) is 2.29. The van der Waals surface area contributed by atoms with Gasteiger partial charge in [-0.3, -0.25) is 4.79 Å². The van der Waals surface area contributed by atoms with Crippen LogP contribution in [0.1, 0.15) is 45.1 Å². The van der Waals surface area contributed by atoms with Crippen molar-refractivity contribution in [2.24, 2.45) is 5.92 Å². The zero-order valence-electron chi connectivity index (χ0n) is 11.7. The summed E-state index contributed by atoms with van der Waals surface area (Å²) in [6, 6.07) is 8.34. The second-order valence-electron chi connectivity index (χ2n) is 5.98. The van der Waals surface area contributed by atoms with E-state index < -0.39 is 0 Å². The number of carbonyl (C=O) groups excluding carboxylic acids is 1. The summed E-state index contributed by atoms with van der Waals surface area (Å²) in [5, 5.41) is 3.82. The van der Waals surface area contributed by atoms with Crippen LogP contribution in [0, 0.1) is 5.92 Å². The molecular formula is C16H22ClNO. The molecule has 1 saturated carbocycles. The summed E-state index contributed by atoms with van der Waals surface area (Å²) in [5.74, 6) is 0.572. The lowest BCUT2D eigenvalue weighted by Crippen LogP contribution is -2.53. The summed E-state index contributed by atoms with van der Waals surface area (Å²) >= 11 is 5.98. The van der Waals surface area contributed by atoms with Gasteiger partial charge in [-0.05, 0) is 42.9 Å². The molecule has 0 aromatic heterocycles. The maximum atomic E-state index is 10.9. The van der Waals surface area contributed by atoms with Crippen molar-refractivity contribution >= 4 is 18.0 Å². The molecule has 104 valence electrons. The van der Waals surface area contributed by atoms with Gasteiger partial charge in [0.1, 0.15) is 0 Å². The van der Waals surface area contributed by atoms with Crippen LogP contribution in [-0.4, -0.2) is 12.5 Å². The van der Waals surface area contributed by atoms with Crippen molar-refractivity contribution in [3.05, 3.63) is 34.9 Å². The third-order valence-corrected chi connectivity index (χ3v) is 4.56. The number of rotatable bonds is 6. The smallest absolute Gasteiger partial charge is 0.207 e. The third kappa shape index (κ3) is 2.94. The Bertz CT molecular complexity index is 423. The number of benzene rings is 1. The first-order valence-electron chi connectivity index (χ1n) is 7.04. The quantitative estimate of drug-likeness (QED) is 0.786. The topological polar surface area (TPSA) is 29.1 Å². The summed E-state index contributed by atoms with van der Waals surface area (Å²) in [7, 11) is 0. The van der Waals surface area contributed by atoms with Gasteiger partial charge in [0.25, 0.3) is 0 Å². The van der Waals surface area contributed by atoms with E-state index in [0.29, 0.717) is 5.92 Å². The Morgan fingerprint density at radius 2 is 1.95 bits per heavy atom. The standard InChI is InChI=1S/C16H22ClNO/c1-12(2)10-15(18-11-19)16(8-3-9-16)13-4-6-14(17)7-5-13/h4-7,11-12,15H,3,8-10H2,1-2H3,(H,18,19). The molecule has 3 heteroatoms. The predicted octanol–water partition coefficient (Wildman–Crippen LogP) is 3.92. The van der Waals surface area contributed by atoms with E-state index in [0.717, 1.165) is 30.7 Å². The maximum Gasteiger partial charge on any atom is 0.207 e. The zero-order chi connectivity index (χ0) is 13.9. The molecule has 19 heavy (non-hydrogen) atoms. The molecule has 1 fully saturated rings. The van der Waals surface area contributed by atoms with E-state index in [9.17, 15) is 4.79 Å². The minimum Gasteiger partial charge on any atom is -0.355 e. The number of nitrogens with one attached hydrogen (secondary N) is 1. The Kier molecular flexibility index (Phi) is 4.51. The van der Waals surface area contributed by atoms with Gasteiger partial charge in [-0.1, -0.05) is 44.0 Å². The minimum absolute atomic E-state index is 0.107. The Balaban J connectivity index is 2.28. The monoisotopic (exact) mass is 279 g/mol. The molecule has 1 aliphatic rings. The summed E-state index contributed by atoms with van der Waals surface area (Å²) in [6.45, 7) is 4.40. The lowest BCUT2D eigenvalue weighted by molar-refractivity contribution is -0.111. The van der Waals surface area contributed by atoms with Crippen LogP contribution >= 0.6 is 11.6 Å². The Morgan fingerprint density at radius 3 is 2.37 bits per heavy atom. The zero-order valence-corrected chi connectivity index (χ0v) is 12.4. The van der Waals surface area contributed by atoms with E-state index in [-0.39, 0.29) is 11.5 Å². The van der Waals surface area contributed by atoms with Crippen molar-refractivity contribution in [3.63, 3.8) is 0 Å². The van der Waals surface area contributed by atoms with Crippen LogP contribution in [0.2, 0.25) is 5.02 Å². The van der Waals surface area contributed by atoms with Gasteiger partial charge in [0.05, 0.1) is 0 Å². The number of amides is 1. The molecule has 0 aliphatic heterocycles. The van der Waals surface area contributed by atoms with Crippen LogP contribution in [0.15, 0.2) is 24.3 Å². The largest absolute Gasteiger partial charge is 0.355 e. The highest BCUT2D eigenvalue weighted by molar-refractivity contribution is 6.30. The van der Waals surface area contributed by atoms with Gasteiger partial charge < -0.3 is 5.32 Å². The fourth-order valence-electron chi connectivity index (χ4n) is 3.18. The van der Waals surface area contributed by atoms with Crippen LogP contribution in [0.25, 0.3) is 0 Å². The predicted molar refractivity (Wildman–Crippen MR) is 79.4 cm³/mol. The fraction of sp³-hybridized carbons (Fsp3) is 0.562. The molecular weight excluding hydrogens is 258 g/mol. The molecule has 1 aromatic carbocycles. The molecule has 1 unspecified atom stereocenters. The van der Waals surface area contributed by atoms with Gasteiger partial charge >= 0.3 is 0 Å². The number of halogens is 1. The van der Waals surface area contributed by atoms with Crippen molar-refractivity contribution in [2.45, 2.75) is 51.0 Å². The van der Waals surface area contributed by atoms with Gasteiger partial charge in [0.2, 0.25) is 6.41 Å². The SMILES string of the molecule is CC(C)CC(NC=O)C1(c2ccc(Cl)cc2)CCC1. The molecule has 1 atom stereocenters. The highest BCUT2D eigenvalue weighted by Gasteiger charge is 2.45. The molecule has 0 heterocycles. The summed E-state index contributed by atoms with van der Waals surface area (Å²) in [4.78, 5) is 10.9. The molecule has 2 nitrogen and oxygen atoms in total. The van der Waals surface area contributed by atoms with E-state index in [1.807, 2.05) is 12.1 Å². The van der Waals surface area contributed by atoms with Gasteiger partial charge in [-0.25, -0.2) is 0 Å². The second-order valence-corrected chi connectivity index (χ2v) is 6.42. The van der Waals surface area contributed by atoms with E-state index in [1.54, 1.807) is 0 Å². The van der Waals surface area contributed by atoms with Crippen LogP contribution < -0.4 is 5.32 Å². The van der Waals surface area contributed by atoms with Crippen molar-refractivity contribution in [2.75, 3.05) is 0 Å². The van der Waals surface area contributed by atoms with E-state index in [4.69, 9.17) is 11.6 Å². The number of hydrogen-bond acceptors (Lipinski definition) is 1. The average molecular weight is 280 g/mol. The van der Waals surface area contributed by atoms with Gasteiger partial charge in [0, 0.05) is 16.5 Å². The van der Waals surface area contributed by atoms with Gasteiger partial charge in [0.15, 0.2) is 0 Å². The highest BCUT2D eigenvalue weighted by Crippen LogP contribution is 2.48. The molecule has 2 rings (SSSR count). The summed E-state index contributed by atoms with van der Waals surface area (Å²) in [6.07, 6.45) is 5.39.